The Labute approximate surface area is 232 Å². The number of halogens is 2. The van der Waals surface area contributed by atoms with E-state index in [-0.39, 0.29) is 37.1 Å². The lowest BCUT2D eigenvalue weighted by atomic mass is 9.91. The Morgan fingerprint density at radius 3 is 1.27 bits per heavy atom. The Hall–Kier alpha value is -4.07. The molecule has 0 radical (unpaired) electrons. The molecular weight excluding hydrogens is 510 g/mol. The minimum absolute atomic E-state index is 0.126. The third-order valence-electron chi connectivity index (χ3n) is 7.60. The molecule has 0 saturated carbocycles. The molecule has 2 N–H and O–H groups in total. The fourth-order valence-electron chi connectivity index (χ4n) is 5.44. The van der Waals surface area contributed by atoms with E-state index in [0.29, 0.717) is 0 Å². The molecule has 7 heteroatoms. The number of rotatable bonds is 8. The van der Waals surface area contributed by atoms with Gasteiger partial charge in [0.15, 0.2) is 0 Å². The van der Waals surface area contributed by atoms with Crippen molar-refractivity contribution in [3.8, 4) is 0 Å². The summed E-state index contributed by atoms with van der Waals surface area (Å²) in [4.78, 5) is 17.3. The zero-order valence-electron chi connectivity index (χ0n) is 22.0. The van der Waals surface area contributed by atoms with Crippen LogP contribution < -0.4 is 0 Å². The van der Waals surface area contributed by atoms with Crippen LogP contribution in [-0.2, 0) is 25.9 Å². The van der Waals surface area contributed by atoms with Crippen molar-refractivity contribution in [1.82, 2.24) is 9.80 Å². The summed E-state index contributed by atoms with van der Waals surface area (Å²) in [5.74, 6) is -0.955. The number of benzene rings is 4. The van der Waals surface area contributed by atoms with Crippen LogP contribution in [0, 0.1) is 11.6 Å². The molecule has 4 aromatic carbocycles. The van der Waals surface area contributed by atoms with Gasteiger partial charge in [-0.1, -0.05) is 97.1 Å². The molecule has 0 aliphatic carbocycles. The van der Waals surface area contributed by atoms with Crippen molar-refractivity contribution in [2.45, 2.75) is 50.2 Å². The summed E-state index contributed by atoms with van der Waals surface area (Å²) in [5, 5.41) is 23.3. The number of urea groups is 1. The number of hydrogen-bond acceptors (Lipinski definition) is 3. The van der Waals surface area contributed by atoms with E-state index in [2.05, 4.69) is 0 Å². The van der Waals surface area contributed by atoms with Crippen molar-refractivity contribution in [2.24, 2.45) is 0 Å². The zero-order chi connectivity index (χ0) is 28.1. The molecular formula is C33H32F2N2O3. The topological polar surface area (TPSA) is 64.0 Å². The molecule has 5 nitrogen and oxygen atoms in total. The van der Waals surface area contributed by atoms with E-state index in [1.54, 1.807) is 36.4 Å². The van der Waals surface area contributed by atoms with Gasteiger partial charge in [-0.3, -0.25) is 0 Å². The Morgan fingerprint density at radius 1 is 0.550 bits per heavy atom. The summed E-state index contributed by atoms with van der Waals surface area (Å²) in [6.07, 6.45) is -2.22. The van der Waals surface area contributed by atoms with Gasteiger partial charge < -0.3 is 20.0 Å². The second kappa shape index (κ2) is 12.4. The van der Waals surface area contributed by atoms with Crippen LogP contribution in [0.2, 0.25) is 0 Å². The molecule has 0 aromatic heterocycles. The summed E-state index contributed by atoms with van der Waals surface area (Å²) < 4.78 is 29.7. The maximum absolute atomic E-state index is 14.8. The van der Waals surface area contributed by atoms with Crippen molar-refractivity contribution in [3.63, 3.8) is 0 Å². The smallest absolute Gasteiger partial charge is 0.321 e. The van der Waals surface area contributed by atoms with Crippen molar-refractivity contribution in [3.05, 3.63) is 143 Å². The fraction of sp³-hybridized carbons (Fsp3) is 0.242. The first-order valence-corrected chi connectivity index (χ1v) is 13.4. The zero-order valence-corrected chi connectivity index (χ0v) is 22.0. The predicted molar refractivity (Wildman–Crippen MR) is 149 cm³/mol. The molecule has 1 heterocycles. The molecule has 0 bridgehead atoms. The first-order valence-electron chi connectivity index (χ1n) is 13.4. The molecule has 4 aromatic rings. The summed E-state index contributed by atoms with van der Waals surface area (Å²) in [5.41, 5.74) is 2.27. The third kappa shape index (κ3) is 6.06. The lowest BCUT2D eigenvalue weighted by Gasteiger charge is -2.36. The molecule has 4 unspecified atom stereocenters. The van der Waals surface area contributed by atoms with E-state index in [1.165, 1.54) is 21.9 Å². The third-order valence-corrected chi connectivity index (χ3v) is 7.60. The molecule has 1 aliphatic heterocycles. The lowest BCUT2D eigenvalue weighted by molar-refractivity contribution is -0.0409. The van der Waals surface area contributed by atoms with Gasteiger partial charge in [0, 0.05) is 11.1 Å². The monoisotopic (exact) mass is 542 g/mol. The minimum Gasteiger partial charge on any atom is -0.388 e. The van der Waals surface area contributed by atoms with E-state index in [0.717, 1.165) is 11.1 Å². The van der Waals surface area contributed by atoms with Crippen LogP contribution in [0.3, 0.4) is 0 Å². The van der Waals surface area contributed by atoms with Crippen LogP contribution in [0.4, 0.5) is 13.6 Å². The number of aliphatic hydroxyl groups excluding tert-OH is 2. The first-order chi connectivity index (χ1) is 19.4. The Bertz CT molecular complexity index is 1310. The number of nitrogens with zero attached hydrogens (tertiary/aromatic N) is 2. The van der Waals surface area contributed by atoms with Crippen LogP contribution in [-0.4, -0.2) is 50.3 Å². The van der Waals surface area contributed by atoms with Crippen LogP contribution in [0.15, 0.2) is 109 Å². The lowest BCUT2D eigenvalue weighted by Crippen LogP contribution is -2.50. The average molecular weight is 543 g/mol. The van der Waals surface area contributed by atoms with Gasteiger partial charge in [0.05, 0.1) is 25.2 Å². The molecule has 2 amide bonds. The molecule has 1 fully saturated rings. The number of carbonyl (C=O) groups excluding carboxylic acids is 1. The summed E-state index contributed by atoms with van der Waals surface area (Å²) in [6.45, 7) is -0.253. The first kappa shape index (κ1) is 27.5. The fourth-order valence-corrected chi connectivity index (χ4v) is 5.44. The van der Waals surface area contributed by atoms with Crippen LogP contribution in [0.25, 0.3) is 0 Å². The molecule has 0 spiro atoms. The van der Waals surface area contributed by atoms with E-state index in [4.69, 9.17) is 0 Å². The van der Waals surface area contributed by atoms with Gasteiger partial charge in [-0.15, -0.1) is 0 Å². The van der Waals surface area contributed by atoms with Gasteiger partial charge in [-0.25, -0.2) is 13.6 Å². The van der Waals surface area contributed by atoms with Crippen molar-refractivity contribution in [1.29, 1.82) is 0 Å². The Balaban J connectivity index is 1.60. The van der Waals surface area contributed by atoms with Crippen LogP contribution in [0.1, 0.15) is 22.3 Å². The highest BCUT2D eigenvalue weighted by Crippen LogP contribution is 2.30. The van der Waals surface area contributed by atoms with Gasteiger partial charge in [0.1, 0.15) is 23.8 Å². The number of aliphatic hydroxyl groups is 2. The van der Waals surface area contributed by atoms with E-state index in [1.807, 2.05) is 60.7 Å². The number of carbonyl (C=O) groups is 1. The van der Waals surface area contributed by atoms with Crippen molar-refractivity contribution in [2.75, 3.05) is 0 Å². The molecule has 1 aliphatic rings. The average Bonchev–Trinajstić information content (AvgIpc) is 3.03. The SMILES string of the molecule is O=C1N(Cc2ccccc2F)C(Cc2ccccc2)C(O)C(O)C(Cc2ccccc2)N1Cc1ccccc1F. The van der Waals surface area contributed by atoms with Gasteiger partial charge in [0.2, 0.25) is 0 Å². The second-order valence-electron chi connectivity index (χ2n) is 10.2. The van der Waals surface area contributed by atoms with Crippen molar-refractivity contribution >= 4 is 6.03 Å². The van der Waals surface area contributed by atoms with E-state index in [9.17, 15) is 23.8 Å². The molecule has 4 atom stereocenters. The predicted octanol–water partition coefficient (Wildman–Crippen LogP) is 5.35. The highest BCUT2D eigenvalue weighted by atomic mass is 19.1. The van der Waals surface area contributed by atoms with Crippen molar-refractivity contribution < 1.29 is 23.8 Å². The van der Waals surface area contributed by atoms with Gasteiger partial charge in [-0.2, -0.15) is 0 Å². The molecule has 5 rings (SSSR count). The quantitative estimate of drug-likeness (QED) is 0.316. The second-order valence-corrected chi connectivity index (χ2v) is 10.2. The van der Waals surface area contributed by atoms with E-state index < -0.39 is 42.0 Å². The normalized spacial score (nSPS) is 21.4. The number of hydrogen-bond donors (Lipinski definition) is 2. The van der Waals surface area contributed by atoms with Gasteiger partial charge in [0.25, 0.3) is 0 Å². The summed E-state index contributed by atoms with van der Waals surface area (Å²) in [6, 6.07) is 28.8. The largest absolute Gasteiger partial charge is 0.388 e. The summed E-state index contributed by atoms with van der Waals surface area (Å²) in [7, 11) is 0. The maximum atomic E-state index is 14.8. The van der Waals surface area contributed by atoms with Crippen LogP contribution >= 0.6 is 0 Å². The van der Waals surface area contributed by atoms with Gasteiger partial charge in [-0.05, 0) is 36.1 Å². The highest BCUT2D eigenvalue weighted by molar-refractivity contribution is 5.76. The minimum atomic E-state index is -1.35. The summed E-state index contributed by atoms with van der Waals surface area (Å²) >= 11 is 0. The Morgan fingerprint density at radius 2 is 0.900 bits per heavy atom. The van der Waals surface area contributed by atoms with E-state index >= 15 is 0 Å². The standard InChI is InChI=1S/C33H32F2N2O3/c34-27-17-9-7-15-25(27)21-36-29(19-23-11-3-1-4-12-23)31(38)32(39)30(20-24-13-5-2-6-14-24)37(33(36)40)22-26-16-8-10-18-28(26)35/h1-18,29-32,38-39H,19-22H2. The Kier molecular flexibility index (Phi) is 8.53. The molecule has 1 saturated heterocycles. The number of amides is 2. The van der Waals surface area contributed by atoms with Gasteiger partial charge >= 0.3 is 6.03 Å². The molecule has 206 valence electrons. The molecule has 40 heavy (non-hydrogen) atoms. The highest BCUT2D eigenvalue weighted by Gasteiger charge is 2.46. The maximum Gasteiger partial charge on any atom is 0.321 e. The van der Waals surface area contributed by atoms with Crippen LogP contribution in [0.5, 0.6) is 0 Å².